The maximum atomic E-state index is 6.21. The summed E-state index contributed by atoms with van der Waals surface area (Å²) in [6.07, 6.45) is 54.5. The first-order valence-electron chi connectivity index (χ1n) is 37.8. The molecule has 5 unspecified atom stereocenters. The molecule has 0 amide bonds. The van der Waals surface area contributed by atoms with Gasteiger partial charge in [0.25, 0.3) is 0 Å². The molecule has 5 atom stereocenters. The number of rotatable bonds is 14. The first kappa shape index (κ1) is 107. The van der Waals surface area contributed by atoms with Gasteiger partial charge < -0.3 is 27.7 Å². The molecule has 5 aromatic carbocycles. The summed E-state index contributed by atoms with van der Waals surface area (Å²) in [6, 6.07) is 55.1. The number of halogens is 1. The van der Waals surface area contributed by atoms with E-state index in [1.807, 2.05) is 18.2 Å². The average Bonchev–Trinajstić information content (AvgIpc) is 1.72. The van der Waals surface area contributed by atoms with Gasteiger partial charge in [-0.3, -0.25) is 0 Å². The van der Waals surface area contributed by atoms with Gasteiger partial charge in [0, 0.05) is 58.5 Å². The largest absolute Gasteiger partial charge is 2.00 e. The summed E-state index contributed by atoms with van der Waals surface area (Å²) in [5, 5.41) is 7.76. The Bertz CT molecular complexity index is 2110. The summed E-state index contributed by atoms with van der Waals surface area (Å²) in [6.45, 7) is 23.5. The third kappa shape index (κ3) is 44.9. The summed E-state index contributed by atoms with van der Waals surface area (Å²) in [5.74, 6) is 0. The van der Waals surface area contributed by atoms with Crippen LogP contribution in [0.1, 0.15) is 288 Å². The fourth-order valence-corrected chi connectivity index (χ4v) is 29.5. The predicted octanol–water partition coefficient (Wildman–Crippen LogP) is 22.3. The average molecular weight is 1610 g/mol. The van der Waals surface area contributed by atoms with Crippen molar-refractivity contribution < 1.29 is 106 Å². The second kappa shape index (κ2) is 67.9. The molecule has 8 aliphatic carbocycles. The Morgan fingerprint density at radius 3 is 0.556 bits per heavy atom. The van der Waals surface area contributed by atoms with Gasteiger partial charge in [-0.2, -0.15) is 25.7 Å². The molecule has 8 fully saturated rings. The summed E-state index contributed by atoms with van der Waals surface area (Å²) in [7, 11) is -0.126. The molecule has 8 saturated carbocycles. The van der Waals surface area contributed by atoms with Gasteiger partial charge in [0.1, 0.15) is 0 Å². The van der Waals surface area contributed by atoms with Crippen molar-refractivity contribution >= 4 is 76.7 Å². The molecule has 0 radical (unpaired) electrons. The SMILES string of the molecule is C1CCCC1.C1CCCC1.CC(C)P(Cl)c1ccccc1.CC(C)P(c1ccccc1)C1CCCC1.CC(C)P(c1ccccc1)C1CCCC1.CC(C)P(c1ccccc1)C1CCCC1.CC(C)P(c1ccccc1)C1CCCC1.[CH-]1CCCC1.[CH-]1CCCC1.[CH3-].[CH3-].[Fe+2].[Fe].[Fe].[Fe].[Li+].[Li+]. The molecule has 0 heterocycles. The molecule has 0 spiro atoms. The second-order valence-electron chi connectivity index (χ2n) is 28.5. The molecule has 99 heavy (non-hydrogen) atoms. The molecule has 5 aromatic rings. The molecule has 13 rings (SSSR count). The van der Waals surface area contributed by atoms with Crippen LogP contribution in [0.2, 0.25) is 0 Å². The molecular weight excluding hydrogens is 1470 g/mol. The molecule has 554 valence electrons. The normalized spacial score (nSPS) is 18.3. The zero-order chi connectivity index (χ0) is 65.1. The topological polar surface area (TPSA) is 0 Å². The van der Waals surface area contributed by atoms with Crippen molar-refractivity contribution in [1.29, 1.82) is 0 Å². The Hall–Kier alpha value is 1.81. The Balaban J connectivity index is -0.000000522. The van der Waals surface area contributed by atoms with Gasteiger partial charge in [-0.25, -0.2) is 0 Å². The fraction of sp³-hybridized carbons (Fsp3) is 0.609. The van der Waals surface area contributed by atoms with E-state index in [1.165, 1.54) is 224 Å². The van der Waals surface area contributed by atoms with Crippen LogP contribution < -0.4 is 64.2 Å². The van der Waals surface area contributed by atoms with Crippen LogP contribution in [0.4, 0.5) is 0 Å². The molecule has 0 nitrogen and oxygen atoms in total. The third-order valence-corrected chi connectivity index (χ3v) is 36.1. The standard InChI is InChI=1S/4C14H21P.C9H12ClP.2C5H10.2C5H9.2CH3.4Fe.2Li/c4*1-12(2)15(14-10-6-7-11-14)13-8-4-3-5-9-13;1-8(2)11(10)9-6-4-3-5-7-9;4*1-2-4-5-3-1;;;;;;;;/h4*3-5,8-9,12,14H,6-7,10-11H2,1-2H3;3-8H,1-2H3;2*1-5H2;2*1H,2-5H2;2*1H3;;;;;;/q;;;;;;;4*-1;;;;+2;2*+1. The van der Waals surface area contributed by atoms with Crippen molar-refractivity contribution in [2.75, 3.05) is 0 Å². The molecule has 8 aliphatic rings. The third-order valence-electron chi connectivity index (χ3n) is 19.4. The van der Waals surface area contributed by atoms with E-state index >= 15 is 0 Å². The predicted molar refractivity (Wildman–Crippen MR) is 440 cm³/mol. The first-order valence-corrected chi connectivity index (χ1v) is 46.1. The quantitative estimate of drug-likeness (QED) is 0.0591. The van der Waals surface area contributed by atoms with E-state index in [2.05, 4.69) is 216 Å². The summed E-state index contributed by atoms with van der Waals surface area (Å²) >= 11 is 6.21. The zero-order valence-corrected chi connectivity index (χ0v) is 75.0. The molecule has 0 aromatic heterocycles. The van der Waals surface area contributed by atoms with Crippen LogP contribution in [-0.2, 0) is 68.3 Å². The van der Waals surface area contributed by atoms with E-state index < -0.39 is 7.27 Å². The van der Waals surface area contributed by atoms with Crippen molar-refractivity contribution in [3.63, 3.8) is 0 Å². The van der Waals surface area contributed by atoms with Crippen LogP contribution in [0, 0.1) is 27.7 Å². The maximum absolute atomic E-state index is 6.21. The Morgan fingerprint density at radius 1 is 0.263 bits per heavy atom. The fourth-order valence-electron chi connectivity index (χ4n) is 14.9. The van der Waals surface area contributed by atoms with Crippen molar-refractivity contribution in [3.8, 4) is 0 Å². The van der Waals surface area contributed by atoms with Gasteiger partial charge >= 0.3 is 54.8 Å². The molecule has 0 bridgehead atoms. The van der Waals surface area contributed by atoms with Gasteiger partial charge in [-0.05, 0) is 129 Å². The second-order valence-corrected chi connectivity index (χ2v) is 44.2. The number of hydrogen-bond acceptors (Lipinski definition) is 0. The van der Waals surface area contributed by atoms with Crippen molar-refractivity contribution in [1.82, 2.24) is 0 Å². The molecule has 0 saturated heterocycles. The Labute approximate surface area is 693 Å². The van der Waals surface area contributed by atoms with Gasteiger partial charge in [0.05, 0.1) is 0 Å². The minimum atomic E-state index is -0.462. The van der Waals surface area contributed by atoms with Crippen molar-refractivity contribution in [2.45, 2.75) is 338 Å². The van der Waals surface area contributed by atoms with E-state index in [9.17, 15) is 0 Å². The van der Waals surface area contributed by atoms with Crippen LogP contribution in [-0.4, -0.2) is 50.9 Å². The molecule has 12 heteroatoms. The van der Waals surface area contributed by atoms with E-state index in [4.69, 9.17) is 11.2 Å². The van der Waals surface area contributed by atoms with Crippen LogP contribution >= 0.6 is 50.2 Å². The van der Waals surface area contributed by atoms with Gasteiger partial charge in [0.15, 0.2) is 0 Å². The van der Waals surface area contributed by atoms with E-state index in [0.717, 1.165) is 45.3 Å². The summed E-state index contributed by atoms with van der Waals surface area (Å²) < 4.78 is 0. The monoisotopic (exact) mass is 1610 g/mol. The number of hydrogen-bond donors (Lipinski definition) is 0. The van der Waals surface area contributed by atoms with Gasteiger partial charge in [-0.1, -0.05) is 405 Å². The molecule has 0 N–H and O–H groups in total. The number of benzene rings is 5. The Morgan fingerprint density at radius 2 is 0.424 bits per heavy atom. The van der Waals surface area contributed by atoms with Gasteiger partial charge in [-0.15, -0.1) is 0 Å². The van der Waals surface area contributed by atoms with Crippen LogP contribution in [0.25, 0.3) is 0 Å². The van der Waals surface area contributed by atoms with Crippen LogP contribution in [0.15, 0.2) is 152 Å². The zero-order valence-electron chi connectivity index (χ0n) is 65.4. The Kier molecular flexibility index (Phi) is 73.5. The van der Waals surface area contributed by atoms with E-state index in [0.29, 0.717) is 5.66 Å². The van der Waals surface area contributed by atoms with E-state index in [-0.39, 0.29) is 153 Å². The summed E-state index contributed by atoms with van der Waals surface area (Å²) in [4.78, 5) is 0. The molecular formula is C87H140ClFe4Li2P5. The maximum Gasteiger partial charge on any atom is 2.00 e. The van der Waals surface area contributed by atoms with Crippen LogP contribution in [0.5, 0.6) is 0 Å². The van der Waals surface area contributed by atoms with Crippen LogP contribution in [0.3, 0.4) is 0 Å². The minimum Gasteiger partial charge on any atom is -0.358 e. The van der Waals surface area contributed by atoms with Gasteiger partial charge in [0.2, 0.25) is 0 Å². The van der Waals surface area contributed by atoms with Crippen molar-refractivity contribution in [3.05, 3.63) is 179 Å². The molecule has 0 aliphatic heterocycles. The smallest absolute Gasteiger partial charge is 0.358 e. The van der Waals surface area contributed by atoms with E-state index in [1.54, 1.807) is 21.2 Å². The van der Waals surface area contributed by atoms with Crippen molar-refractivity contribution in [2.24, 2.45) is 0 Å². The summed E-state index contributed by atoms with van der Waals surface area (Å²) in [5.41, 5.74) is 7.93. The first-order chi connectivity index (χ1) is 44.4. The minimum absolute atomic E-state index is 0.